The number of carbonyl (C=O) groups excluding carboxylic acids is 1. The van der Waals surface area contributed by atoms with E-state index >= 15 is 0 Å². The maximum atomic E-state index is 12.5. The fourth-order valence-electron chi connectivity index (χ4n) is 3.08. The molecule has 1 atom stereocenters. The molecule has 0 bridgehead atoms. The summed E-state index contributed by atoms with van der Waals surface area (Å²) in [4.78, 5) is 28.4. The Bertz CT molecular complexity index is 879. The average Bonchev–Trinajstić information content (AvgIpc) is 2.60. The van der Waals surface area contributed by atoms with Crippen LogP contribution in [0, 0.1) is 0 Å². The number of benzene rings is 1. The van der Waals surface area contributed by atoms with Crippen LogP contribution < -0.4 is 5.32 Å². The van der Waals surface area contributed by atoms with E-state index in [0.717, 1.165) is 10.9 Å². The van der Waals surface area contributed by atoms with E-state index in [9.17, 15) is 14.7 Å². The minimum Gasteiger partial charge on any atom is -0.480 e. The zero-order valence-corrected chi connectivity index (χ0v) is 14.3. The average molecular weight is 361 g/mol. The van der Waals surface area contributed by atoms with Gasteiger partial charge in [0.15, 0.2) is 0 Å². The molecule has 3 rings (SSSR count). The predicted octanol–water partition coefficient (Wildman–Crippen LogP) is 2.65. The molecule has 25 heavy (non-hydrogen) atoms. The molecule has 1 aliphatic heterocycles. The van der Waals surface area contributed by atoms with Crippen molar-refractivity contribution in [2.75, 3.05) is 13.2 Å². The number of halogens is 1. The number of nitrogens with zero attached hydrogens (tertiary/aromatic N) is 1. The Morgan fingerprint density at radius 1 is 1.40 bits per heavy atom. The minimum absolute atomic E-state index is 0.142. The van der Waals surface area contributed by atoms with Crippen molar-refractivity contribution in [3.8, 4) is 0 Å². The number of carboxylic acids is 1. The van der Waals surface area contributed by atoms with Crippen LogP contribution in [0.15, 0.2) is 36.0 Å². The lowest BCUT2D eigenvalue weighted by Crippen LogP contribution is -2.45. The van der Waals surface area contributed by atoms with E-state index in [-0.39, 0.29) is 12.2 Å². The second kappa shape index (κ2) is 7.21. The number of aliphatic carboxylic acids is 1. The standard InChI is InChI=1S/C18H17ClN2O4/c1-2-25-18(24)15-13(6-8-21-16(15)17(22)23)11-5-7-20-14-9-10(19)3-4-12(11)14/h3-5,7,9,16,21H,2,6,8H2,1H3,(H,22,23). The van der Waals surface area contributed by atoms with Crippen LogP contribution in [-0.2, 0) is 14.3 Å². The normalized spacial score (nSPS) is 17.6. The quantitative estimate of drug-likeness (QED) is 0.815. The van der Waals surface area contributed by atoms with E-state index in [1.165, 1.54) is 0 Å². The predicted molar refractivity (Wildman–Crippen MR) is 94.3 cm³/mol. The molecule has 0 aliphatic carbocycles. The van der Waals surface area contributed by atoms with Gasteiger partial charge >= 0.3 is 11.9 Å². The number of nitrogens with one attached hydrogen (secondary N) is 1. The molecule has 0 saturated carbocycles. The van der Waals surface area contributed by atoms with Crippen LogP contribution in [0.2, 0.25) is 5.02 Å². The lowest BCUT2D eigenvalue weighted by molar-refractivity contribution is -0.144. The molecule has 0 radical (unpaired) electrons. The highest BCUT2D eigenvalue weighted by molar-refractivity contribution is 6.31. The lowest BCUT2D eigenvalue weighted by atomic mass is 9.88. The Hall–Kier alpha value is -2.44. The molecule has 1 aliphatic rings. The van der Waals surface area contributed by atoms with Crippen molar-refractivity contribution < 1.29 is 19.4 Å². The van der Waals surface area contributed by atoms with Crippen molar-refractivity contribution in [1.82, 2.24) is 10.3 Å². The SMILES string of the molecule is CCOC(=O)C1=C(c2ccnc3cc(Cl)ccc23)CCNC1C(=O)O. The Labute approximate surface area is 149 Å². The molecule has 130 valence electrons. The number of carbonyl (C=O) groups is 2. The zero-order valence-electron chi connectivity index (χ0n) is 13.6. The molecular weight excluding hydrogens is 344 g/mol. The van der Waals surface area contributed by atoms with Crippen molar-refractivity contribution >= 4 is 40.0 Å². The molecule has 2 N–H and O–H groups in total. The summed E-state index contributed by atoms with van der Waals surface area (Å²) in [6.07, 6.45) is 2.14. The maximum absolute atomic E-state index is 12.5. The first-order valence-corrected chi connectivity index (χ1v) is 8.31. The fraction of sp³-hybridized carbons (Fsp3) is 0.278. The van der Waals surface area contributed by atoms with Crippen molar-refractivity contribution in [3.63, 3.8) is 0 Å². The summed E-state index contributed by atoms with van der Waals surface area (Å²) in [7, 11) is 0. The number of pyridine rings is 1. The van der Waals surface area contributed by atoms with Gasteiger partial charge < -0.3 is 15.2 Å². The highest BCUT2D eigenvalue weighted by Crippen LogP contribution is 2.33. The molecule has 1 unspecified atom stereocenters. The molecule has 1 aromatic carbocycles. The van der Waals surface area contributed by atoms with E-state index in [1.54, 1.807) is 31.3 Å². The fourth-order valence-corrected chi connectivity index (χ4v) is 3.24. The van der Waals surface area contributed by atoms with Gasteiger partial charge in [0.25, 0.3) is 0 Å². The minimum atomic E-state index is -1.11. The number of hydrogen-bond donors (Lipinski definition) is 2. The first kappa shape index (κ1) is 17.4. The van der Waals surface area contributed by atoms with Crippen LogP contribution in [0.25, 0.3) is 16.5 Å². The van der Waals surface area contributed by atoms with E-state index in [1.807, 2.05) is 6.07 Å². The topological polar surface area (TPSA) is 88.5 Å². The summed E-state index contributed by atoms with van der Waals surface area (Å²) in [6, 6.07) is 6.00. The van der Waals surface area contributed by atoms with Gasteiger partial charge in [-0.15, -0.1) is 0 Å². The van der Waals surface area contributed by atoms with Gasteiger partial charge in [-0.25, -0.2) is 4.79 Å². The monoisotopic (exact) mass is 360 g/mol. The Balaban J connectivity index is 2.25. The van der Waals surface area contributed by atoms with Crippen molar-refractivity contribution in [1.29, 1.82) is 0 Å². The van der Waals surface area contributed by atoms with Gasteiger partial charge in [-0.1, -0.05) is 17.7 Å². The first-order chi connectivity index (χ1) is 12.0. The highest BCUT2D eigenvalue weighted by Gasteiger charge is 2.34. The van der Waals surface area contributed by atoms with Gasteiger partial charge in [-0.2, -0.15) is 0 Å². The molecule has 2 heterocycles. The third-order valence-corrected chi connectivity index (χ3v) is 4.34. The van der Waals surface area contributed by atoms with Crippen LogP contribution >= 0.6 is 11.6 Å². The molecule has 0 fully saturated rings. The smallest absolute Gasteiger partial charge is 0.336 e. The van der Waals surface area contributed by atoms with Gasteiger partial charge in [-0.05, 0) is 42.7 Å². The summed E-state index contributed by atoms with van der Waals surface area (Å²) in [6.45, 7) is 2.31. The molecular formula is C18H17ClN2O4. The number of hydrogen-bond acceptors (Lipinski definition) is 5. The molecule has 6 nitrogen and oxygen atoms in total. The van der Waals surface area contributed by atoms with Gasteiger partial charge in [-0.3, -0.25) is 9.78 Å². The van der Waals surface area contributed by atoms with Gasteiger partial charge in [0, 0.05) is 23.2 Å². The van der Waals surface area contributed by atoms with Crippen molar-refractivity contribution in [2.45, 2.75) is 19.4 Å². The maximum Gasteiger partial charge on any atom is 0.336 e. The third kappa shape index (κ3) is 3.36. The van der Waals surface area contributed by atoms with Crippen LogP contribution in [0.3, 0.4) is 0 Å². The number of aromatic nitrogens is 1. The van der Waals surface area contributed by atoms with Crippen LogP contribution in [-0.4, -0.2) is 41.2 Å². The largest absolute Gasteiger partial charge is 0.480 e. The van der Waals surface area contributed by atoms with Crippen LogP contribution in [0.4, 0.5) is 0 Å². The number of fused-ring (bicyclic) bond motifs is 1. The molecule has 7 heteroatoms. The second-order valence-corrected chi connectivity index (χ2v) is 6.04. The van der Waals surface area contributed by atoms with Gasteiger partial charge in [0.1, 0.15) is 6.04 Å². The summed E-state index contributed by atoms with van der Waals surface area (Å²) in [5.74, 6) is -1.72. The second-order valence-electron chi connectivity index (χ2n) is 5.61. The Kier molecular flexibility index (Phi) is 5.01. The van der Waals surface area contributed by atoms with E-state index in [0.29, 0.717) is 29.1 Å². The Morgan fingerprint density at radius 3 is 2.92 bits per heavy atom. The van der Waals surface area contributed by atoms with Gasteiger partial charge in [0.05, 0.1) is 17.7 Å². The zero-order chi connectivity index (χ0) is 18.0. The van der Waals surface area contributed by atoms with E-state index < -0.39 is 18.0 Å². The van der Waals surface area contributed by atoms with Crippen LogP contribution in [0.1, 0.15) is 18.9 Å². The lowest BCUT2D eigenvalue weighted by Gasteiger charge is -2.26. The number of rotatable bonds is 4. The van der Waals surface area contributed by atoms with Crippen molar-refractivity contribution in [3.05, 3.63) is 46.6 Å². The molecule has 1 aromatic heterocycles. The molecule has 0 saturated heterocycles. The summed E-state index contributed by atoms with van der Waals surface area (Å²) in [5.41, 5.74) is 2.27. The summed E-state index contributed by atoms with van der Waals surface area (Å²) < 4.78 is 5.11. The number of esters is 1. The molecule has 0 spiro atoms. The van der Waals surface area contributed by atoms with Gasteiger partial charge in [0.2, 0.25) is 0 Å². The summed E-state index contributed by atoms with van der Waals surface area (Å²) >= 11 is 6.03. The summed E-state index contributed by atoms with van der Waals surface area (Å²) in [5, 5.41) is 13.8. The van der Waals surface area contributed by atoms with Crippen molar-refractivity contribution in [2.24, 2.45) is 0 Å². The third-order valence-electron chi connectivity index (χ3n) is 4.11. The van der Waals surface area contributed by atoms with E-state index in [2.05, 4.69) is 10.3 Å². The highest BCUT2D eigenvalue weighted by atomic mass is 35.5. The first-order valence-electron chi connectivity index (χ1n) is 7.94. The Morgan fingerprint density at radius 2 is 2.20 bits per heavy atom. The molecule has 2 aromatic rings. The molecule has 0 amide bonds. The number of ether oxygens (including phenoxy) is 1. The number of carboxylic acid groups (broad SMARTS) is 1. The van der Waals surface area contributed by atoms with E-state index in [4.69, 9.17) is 16.3 Å². The van der Waals surface area contributed by atoms with Crippen LogP contribution in [0.5, 0.6) is 0 Å².